The average Bonchev–Trinajstić information content (AvgIpc) is 2.56. The van der Waals surface area contributed by atoms with Crippen LogP contribution in [0, 0.1) is 12.8 Å². The number of hydrogen-bond donors (Lipinski definition) is 4. The lowest BCUT2D eigenvalue weighted by atomic mass is 10.0. The van der Waals surface area contributed by atoms with Gasteiger partial charge in [-0.3, -0.25) is 4.55 Å². The highest BCUT2D eigenvalue weighted by molar-refractivity contribution is 7.85. The summed E-state index contributed by atoms with van der Waals surface area (Å²) in [5, 5.41) is 16.9. The molecule has 8 nitrogen and oxygen atoms in total. The molecule has 0 aromatic heterocycles. The summed E-state index contributed by atoms with van der Waals surface area (Å²) in [6.45, 7) is 9.50. The fourth-order valence-electron chi connectivity index (χ4n) is 2.47. The van der Waals surface area contributed by atoms with Gasteiger partial charge in [0, 0.05) is 6.21 Å². The fraction of sp³-hybridized carbons (Fsp3) is 0.579. The van der Waals surface area contributed by atoms with Crippen molar-refractivity contribution in [2.24, 2.45) is 27.6 Å². The maximum Gasteiger partial charge on any atom is 0.294 e. The van der Waals surface area contributed by atoms with E-state index in [-0.39, 0.29) is 22.5 Å². The van der Waals surface area contributed by atoms with Gasteiger partial charge >= 0.3 is 0 Å². The summed E-state index contributed by atoms with van der Waals surface area (Å²) in [5.74, 6) is 0.561. The second-order valence-corrected chi connectivity index (χ2v) is 8.30. The van der Waals surface area contributed by atoms with E-state index in [1.807, 2.05) is 20.1 Å². The van der Waals surface area contributed by atoms with E-state index >= 15 is 0 Å². The van der Waals surface area contributed by atoms with E-state index in [9.17, 15) is 13.5 Å². The molecule has 1 unspecified atom stereocenters. The third-order valence-corrected chi connectivity index (χ3v) is 5.12. The van der Waals surface area contributed by atoms with Crippen LogP contribution in [0.3, 0.4) is 0 Å². The number of phenolic OH excluding ortho intramolecular Hbond substituents is 1. The number of nitrogens with two attached hydrogens (primary N) is 2. The van der Waals surface area contributed by atoms with Gasteiger partial charge in [-0.15, -0.1) is 5.10 Å². The monoisotopic (exact) mass is 414 g/mol. The Morgan fingerprint density at radius 3 is 2.29 bits per heavy atom. The van der Waals surface area contributed by atoms with E-state index < -0.39 is 10.1 Å². The molecule has 9 heteroatoms. The Labute approximate surface area is 168 Å². The van der Waals surface area contributed by atoms with Crippen LogP contribution in [-0.2, 0) is 10.1 Å². The van der Waals surface area contributed by atoms with Gasteiger partial charge in [-0.25, -0.2) is 0 Å². The number of rotatable bonds is 8. The van der Waals surface area contributed by atoms with E-state index in [2.05, 4.69) is 24.1 Å². The molecule has 0 saturated carbocycles. The van der Waals surface area contributed by atoms with Crippen LogP contribution in [0.5, 0.6) is 5.75 Å². The number of unbranched alkanes of at least 4 members (excludes halogenated alkanes) is 1. The summed E-state index contributed by atoms with van der Waals surface area (Å²) in [5.41, 5.74) is 11.1. The molecule has 0 spiro atoms. The summed E-state index contributed by atoms with van der Waals surface area (Å²) >= 11 is 0. The molecule has 6 N–H and O–H groups in total. The minimum Gasteiger partial charge on any atom is -0.508 e. The van der Waals surface area contributed by atoms with Crippen LogP contribution in [-0.4, -0.2) is 30.3 Å². The first-order valence-electron chi connectivity index (χ1n) is 9.36. The van der Waals surface area contributed by atoms with E-state index in [0.29, 0.717) is 17.0 Å². The molecule has 0 radical (unpaired) electrons. The van der Waals surface area contributed by atoms with Gasteiger partial charge in [-0.05, 0) is 54.9 Å². The van der Waals surface area contributed by atoms with Gasteiger partial charge in [-0.1, -0.05) is 40.5 Å². The minimum atomic E-state index is -4.22. The largest absolute Gasteiger partial charge is 0.508 e. The lowest BCUT2D eigenvalue weighted by Crippen LogP contribution is -2.21. The maximum atomic E-state index is 11.0. The van der Waals surface area contributed by atoms with Crippen LogP contribution in [0.1, 0.15) is 70.4 Å². The summed E-state index contributed by atoms with van der Waals surface area (Å²) in [6.07, 6.45) is 6.52. The van der Waals surface area contributed by atoms with Crippen molar-refractivity contribution in [1.82, 2.24) is 0 Å². The smallest absolute Gasteiger partial charge is 0.294 e. The first kappa shape index (κ1) is 25.9. The molecule has 0 fully saturated rings. The lowest BCUT2D eigenvalue weighted by Gasteiger charge is -2.11. The Bertz CT molecular complexity index is 770. The van der Waals surface area contributed by atoms with E-state index in [1.54, 1.807) is 0 Å². The highest BCUT2D eigenvalue weighted by atomic mass is 32.2. The zero-order valence-electron chi connectivity index (χ0n) is 17.4. The zero-order chi connectivity index (χ0) is 21.9. The SMILES string of the molecule is CCCCC(/C=N\N=C(N)N)CC.Cc1cc(O)c(C(C)C)cc1S(=O)(=O)O. The Morgan fingerprint density at radius 1 is 1.25 bits per heavy atom. The van der Waals surface area contributed by atoms with Gasteiger partial charge < -0.3 is 16.6 Å². The maximum absolute atomic E-state index is 11.0. The van der Waals surface area contributed by atoms with Crippen LogP contribution in [0.2, 0.25) is 0 Å². The molecular weight excluding hydrogens is 380 g/mol. The van der Waals surface area contributed by atoms with Gasteiger partial charge in [0.05, 0.1) is 4.90 Å². The van der Waals surface area contributed by atoms with Crippen molar-refractivity contribution < 1.29 is 18.1 Å². The Kier molecular flexibility index (Phi) is 11.4. The van der Waals surface area contributed by atoms with Crippen LogP contribution in [0.4, 0.5) is 0 Å². The molecule has 0 aliphatic heterocycles. The van der Waals surface area contributed by atoms with Crippen molar-refractivity contribution in [3.05, 3.63) is 23.3 Å². The van der Waals surface area contributed by atoms with Crippen molar-refractivity contribution >= 4 is 22.3 Å². The number of aryl methyl sites for hydroxylation is 1. The molecule has 1 atom stereocenters. The molecule has 1 rings (SSSR count). The topological polar surface area (TPSA) is 151 Å². The summed E-state index contributed by atoms with van der Waals surface area (Å²) in [7, 11) is -4.22. The van der Waals surface area contributed by atoms with Crippen molar-refractivity contribution in [2.75, 3.05) is 0 Å². The number of aromatic hydroxyl groups is 1. The predicted molar refractivity (Wildman–Crippen MR) is 114 cm³/mol. The van der Waals surface area contributed by atoms with Gasteiger partial charge in [0.2, 0.25) is 5.96 Å². The van der Waals surface area contributed by atoms with Gasteiger partial charge in [0.1, 0.15) is 5.75 Å². The van der Waals surface area contributed by atoms with Crippen LogP contribution in [0.15, 0.2) is 27.2 Å². The average molecular weight is 415 g/mol. The number of benzene rings is 1. The summed E-state index contributed by atoms with van der Waals surface area (Å²) in [6, 6.07) is 2.66. The van der Waals surface area contributed by atoms with Crippen molar-refractivity contribution in [3.8, 4) is 5.75 Å². The van der Waals surface area contributed by atoms with Gasteiger partial charge in [0.15, 0.2) is 0 Å². The molecule has 1 aromatic carbocycles. The van der Waals surface area contributed by atoms with E-state index in [0.717, 1.165) is 12.8 Å². The Balaban J connectivity index is 0.000000528. The molecule has 160 valence electrons. The molecule has 0 aliphatic rings. The molecule has 0 aliphatic carbocycles. The molecule has 0 heterocycles. The first-order chi connectivity index (χ1) is 12.9. The van der Waals surface area contributed by atoms with Crippen LogP contribution >= 0.6 is 0 Å². The molecule has 0 saturated heterocycles. The summed E-state index contributed by atoms with van der Waals surface area (Å²) in [4.78, 5) is -0.149. The normalized spacial score (nSPS) is 12.5. The van der Waals surface area contributed by atoms with E-state index in [4.69, 9.17) is 16.0 Å². The van der Waals surface area contributed by atoms with Crippen LogP contribution < -0.4 is 11.5 Å². The second kappa shape index (κ2) is 12.4. The van der Waals surface area contributed by atoms with Crippen LogP contribution in [0.25, 0.3) is 0 Å². The molecule has 1 aromatic rings. The summed E-state index contributed by atoms with van der Waals surface area (Å²) < 4.78 is 31.0. The fourth-order valence-corrected chi connectivity index (χ4v) is 3.22. The molecule has 0 amide bonds. The molecule has 28 heavy (non-hydrogen) atoms. The Morgan fingerprint density at radius 2 is 1.86 bits per heavy atom. The zero-order valence-corrected chi connectivity index (χ0v) is 18.2. The van der Waals surface area contributed by atoms with Crippen molar-refractivity contribution in [1.29, 1.82) is 0 Å². The predicted octanol–water partition coefficient (Wildman–Crippen LogP) is 3.53. The van der Waals surface area contributed by atoms with Crippen molar-refractivity contribution in [3.63, 3.8) is 0 Å². The number of phenols is 1. The Hall–Kier alpha value is -2.13. The quantitative estimate of drug-likeness (QED) is 0.221. The minimum absolute atomic E-state index is 0.00824. The molecule has 0 bridgehead atoms. The van der Waals surface area contributed by atoms with Crippen molar-refractivity contribution in [2.45, 2.75) is 71.1 Å². The number of guanidine groups is 1. The number of hydrogen-bond acceptors (Lipinski definition) is 5. The highest BCUT2D eigenvalue weighted by Gasteiger charge is 2.17. The highest BCUT2D eigenvalue weighted by Crippen LogP contribution is 2.30. The first-order valence-corrected chi connectivity index (χ1v) is 10.8. The van der Waals surface area contributed by atoms with E-state index in [1.165, 1.54) is 31.9 Å². The lowest BCUT2D eigenvalue weighted by molar-refractivity contribution is 0.461. The third-order valence-electron chi connectivity index (χ3n) is 4.13. The van der Waals surface area contributed by atoms with Gasteiger partial charge in [-0.2, -0.15) is 13.5 Å². The number of nitrogens with zero attached hydrogens (tertiary/aromatic N) is 2. The second-order valence-electron chi connectivity index (χ2n) is 6.91. The van der Waals surface area contributed by atoms with Gasteiger partial charge in [0.25, 0.3) is 10.1 Å². The standard InChI is InChI=1S/C10H14O4S.C9H20N4/c1-6(2)8-5-10(15(12,13)14)7(3)4-9(8)11;1-3-5-6-8(4-2)7-12-13-9(10)11/h4-6,11H,1-3H3,(H,12,13,14);7-8H,3-6H2,1-2H3,(H4,10,11,13)/b;12-7-. The third kappa shape index (κ3) is 9.70. The molecular formula is C19H34N4O4S.